The zero-order valence-electron chi connectivity index (χ0n) is 11.5. The molecule has 1 aliphatic heterocycles. The molecule has 2 unspecified atom stereocenters. The van der Waals surface area contributed by atoms with Gasteiger partial charge in [0, 0.05) is 8.78 Å². The first kappa shape index (κ1) is 8.88. The lowest BCUT2D eigenvalue weighted by Crippen LogP contribution is -2.30. The monoisotopic (exact) mass is 223 g/mol. The summed E-state index contributed by atoms with van der Waals surface area (Å²) in [4.78, 5) is 0. The average Bonchev–Trinajstić information content (AvgIpc) is 2.85. The third-order valence-corrected chi connectivity index (χ3v) is 2.77. The molecule has 0 aromatic heterocycles. The Bertz CT molecular complexity index is 401. The molecular formula is C13H19NO2. The molecule has 88 valence electrons. The molecule has 1 aromatic carbocycles. The lowest BCUT2D eigenvalue weighted by Gasteiger charge is -2.15. The van der Waals surface area contributed by atoms with E-state index in [2.05, 4.69) is 12.2 Å². The van der Waals surface area contributed by atoms with Gasteiger partial charge in [0.1, 0.15) is 0 Å². The van der Waals surface area contributed by atoms with Crippen LogP contribution >= 0.6 is 0 Å². The van der Waals surface area contributed by atoms with Crippen molar-refractivity contribution in [2.75, 3.05) is 13.3 Å². The average molecular weight is 223 g/mol. The molecule has 0 saturated heterocycles. The van der Waals surface area contributed by atoms with E-state index in [0.717, 1.165) is 29.9 Å². The lowest BCUT2D eigenvalue weighted by molar-refractivity contribution is 0.174. The molecule has 1 N–H and O–H groups in total. The predicted octanol–water partition coefficient (Wildman–Crippen LogP) is 2.35. The summed E-state index contributed by atoms with van der Waals surface area (Å²) in [6, 6.07) is 6.16. The Morgan fingerprint density at radius 3 is 3.19 bits per heavy atom. The minimum Gasteiger partial charge on any atom is -0.454 e. The van der Waals surface area contributed by atoms with E-state index in [-0.39, 0.29) is 12.9 Å². The molecule has 0 amide bonds. The lowest BCUT2D eigenvalue weighted by atomic mass is 10.0. The van der Waals surface area contributed by atoms with Gasteiger partial charge >= 0.3 is 0 Å². The topological polar surface area (TPSA) is 30.5 Å². The van der Waals surface area contributed by atoms with E-state index in [1.54, 1.807) is 0 Å². The number of rotatable bonds is 5. The number of fused-ring (bicyclic) bond motifs is 1. The minimum atomic E-state index is -0.510. The van der Waals surface area contributed by atoms with Gasteiger partial charge < -0.3 is 14.8 Å². The molecule has 0 fully saturated rings. The minimum absolute atomic E-state index is 0.0810. The SMILES string of the molecule is [2H]CC([2H])NC(CC)Cc1ccc2c(c1)OCO2. The van der Waals surface area contributed by atoms with Crippen molar-refractivity contribution >= 4 is 0 Å². The van der Waals surface area contributed by atoms with Gasteiger partial charge in [0.15, 0.2) is 11.5 Å². The smallest absolute Gasteiger partial charge is 0.231 e. The van der Waals surface area contributed by atoms with E-state index in [0.29, 0.717) is 6.79 Å². The van der Waals surface area contributed by atoms with Crippen LogP contribution in [-0.4, -0.2) is 19.4 Å². The highest BCUT2D eigenvalue weighted by molar-refractivity contribution is 5.44. The van der Waals surface area contributed by atoms with Crippen LogP contribution in [0.25, 0.3) is 0 Å². The normalized spacial score (nSPS) is 18.8. The molecule has 1 aromatic rings. The molecule has 2 atom stereocenters. The number of ether oxygens (including phenoxy) is 2. The van der Waals surface area contributed by atoms with Gasteiger partial charge in [0.05, 0.1) is 0 Å². The molecule has 0 bridgehead atoms. The summed E-state index contributed by atoms with van der Waals surface area (Å²) in [6.07, 6.45) is 1.77. The summed E-state index contributed by atoms with van der Waals surface area (Å²) >= 11 is 0. The molecule has 1 heterocycles. The zero-order valence-corrected chi connectivity index (χ0v) is 9.53. The second-order valence-electron chi connectivity index (χ2n) is 3.87. The van der Waals surface area contributed by atoms with Gasteiger partial charge in [0.2, 0.25) is 6.79 Å². The van der Waals surface area contributed by atoms with Crippen LogP contribution in [0.4, 0.5) is 0 Å². The van der Waals surface area contributed by atoms with Crippen LogP contribution in [0, 0.1) is 0 Å². The Labute approximate surface area is 99.6 Å². The van der Waals surface area contributed by atoms with E-state index in [9.17, 15) is 0 Å². The van der Waals surface area contributed by atoms with E-state index >= 15 is 0 Å². The third-order valence-electron chi connectivity index (χ3n) is 2.77. The van der Waals surface area contributed by atoms with Gasteiger partial charge in [-0.1, -0.05) is 19.9 Å². The highest BCUT2D eigenvalue weighted by Gasteiger charge is 2.14. The highest BCUT2D eigenvalue weighted by Crippen LogP contribution is 2.32. The van der Waals surface area contributed by atoms with Gasteiger partial charge in [0.25, 0.3) is 0 Å². The van der Waals surface area contributed by atoms with Crippen molar-refractivity contribution in [2.45, 2.75) is 32.7 Å². The van der Waals surface area contributed by atoms with Gasteiger partial charge in [-0.15, -0.1) is 0 Å². The fraction of sp³-hybridized carbons (Fsp3) is 0.538. The summed E-state index contributed by atoms with van der Waals surface area (Å²) < 4.78 is 25.4. The second-order valence-corrected chi connectivity index (χ2v) is 3.87. The van der Waals surface area contributed by atoms with Crippen LogP contribution in [0.5, 0.6) is 11.5 Å². The van der Waals surface area contributed by atoms with Crippen LogP contribution in [0.2, 0.25) is 0 Å². The van der Waals surface area contributed by atoms with E-state index in [4.69, 9.17) is 12.2 Å². The third kappa shape index (κ3) is 2.47. The molecular weight excluding hydrogens is 202 g/mol. The van der Waals surface area contributed by atoms with Crippen molar-refractivity contribution in [3.8, 4) is 11.5 Å². The molecule has 3 heteroatoms. The van der Waals surface area contributed by atoms with Gasteiger partial charge in [-0.05, 0) is 37.1 Å². The van der Waals surface area contributed by atoms with E-state index < -0.39 is 6.52 Å². The molecule has 0 aliphatic carbocycles. The molecule has 0 saturated carbocycles. The van der Waals surface area contributed by atoms with Crippen molar-refractivity contribution in [2.24, 2.45) is 0 Å². The Hall–Kier alpha value is -1.22. The maximum Gasteiger partial charge on any atom is 0.231 e. The fourth-order valence-corrected chi connectivity index (χ4v) is 1.84. The van der Waals surface area contributed by atoms with Gasteiger partial charge in [-0.25, -0.2) is 0 Å². The summed E-state index contributed by atoms with van der Waals surface area (Å²) in [5, 5.41) is 3.14. The Morgan fingerprint density at radius 1 is 1.50 bits per heavy atom. The first-order valence-electron chi connectivity index (χ1n) is 6.87. The molecule has 3 nitrogen and oxygen atoms in total. The van der Waals surface area contributed by atoms with Gasteiger partial charge in [-0.2, -0.15) is 0 Å². The predicted molar refractivity (Wildman–Crippen MR) is 64.0 cm³/mol. The fourth-order valence-electron chi connectivity index (χ4n) is 1.84. The number of likely N-dealkylation sites (N-methyl/N-ethyl adjacent to an activating group) is 1. The van der Waals surface area contributed by atoms with Crippen LogP contribution in [0.1, 0.15) is 28.5 Å². The molecule has 16 heavy (non-hydrogen) atoms. The molecule has 0 radical (unpaired) electrons. The summed E-state index contributed by atoms with van der Waals surface area (Å²) in [6.45, 7) is 1.95. The second kappa shape index (κ2) is 5.21. The molecule has 2 rings (SSSR count). The van der Waals surface area contributed by atoms with Crippen molar-refractivity contribution in [3.63, 3.8) is 0 Å². The number of nitrogens with one attached hydrogen (secondary N) is 1. The van der Waals surface area contributed by atoms with Crippen molar-refractivity contribution in [3.05, 3.63) is 23.8 Å². The Balaban J connectivity index is 1.98. The van der Waals surface area contributed by atoms with Crippen LogP contribution in [-0.2, 0) is 6.42 Å². The summed E-state index contributed by atoms with van der Waals surface area (Å²) in [7, 11) is 0. The van der Waals surface area contributed by atoms with Crippen LogP contribution in [0.15, 0.2) is 18.2 Å². The maximum atomic E-state index is 7.60. The zero-order chi connectivity index (χ0) is 13.0. The van der Waals surface area contributed by atoms with Crippen LogP contribution < -0.4 is 14.8 Å². The quantitative estimate of drug-likeness (QED) is 0.831. The Kier molecular flexibility index (Phi) is 2.89. The highest BCUT2D eigenvalue weighted by atomic mass is 16.7. The first-order chi connectivity index (χ1) is 8.72. The molecule has 1 aliphatic rings. The number of benzene rings is 1. The van der Waals surface area contributed by atoms with Crippen molar-refractivity contribution < 1.29 is 12.2 Å². The summed E-state index contributed by atoms with van der Waals surface area (Å²) in [5.74, 6) is 1.59. The standard InChI is InChI=1S/C13H19NO2/c1-3-11(14-4-2)7-10-5-6-12-13(8-10)16-9-15-12/h5-6,8,11,14H,3-4,7,9H2,1-2H3/i2D,4D. The largest absolute Gasteiger partial charge is 0.454 e. The van der Waals surface area contributed by atoms with Crippen molar-refractivity contribution in [1.82, 2.24) is 5.32 Å². The van der Waals surface area contributed by atoms with Crippen molar-refractivity contribution in [1.29, 1.82) is 0 Å². The van der Waals surface area contributed by atoms with E-state index in [1.165, 1.54) is 0 Å². The summed E-state index contributed by atoms with van der Waals surface area (Å²) in [5.41, 5.74) is 1.16. The first-order valence-corrected chi connectivity index (χ1v) is 5.59. The van der Waals surface area contributed by atoms with Crippen LogP contribution in [0.3, 0.4) is 0 Å². The Morgan fingerprint density at radius 2 is 2.38 bits per heavy atom. The maximum absolute atomic E-state index is 7.60. The van der Waals surface area contributed by atoms with E-state index in [1.807, 2.05) is 18.2 Å². The van der Waals surface area contributed by atoms with Gasteiger partial charge in [-0.3, -0.25) is 0 Å². The number of hydrogen-bond donors (Lipinski definition) is 1. The molecule has 0 spiro atoms. The number of hydrogen-bond acceptors (Lipinski definition) is 3.